The van der Waals surface area contributed by atoms with E-state index in [-0.39, 0.29) is 36.5 Å². The quantitative estimate of drug-likeness (QED) is 0.385. The van der Waals surface area contributed by atoms with Gasteiger partial charge in [-0.1, -0.05) is 18.2 Å². The zero-order chi connectivity index (χ0) is 25.6. The lowest BCUT2D eigenvalue weighted by atomic mass is 9.91. The molecule has 0 fully saturated rings. The third kappa shape index (κ3) is 4.62. The van der Waals surface area contributed by atoms with Gasteiger partial charge in [0.2, 0.25) is 0 Å². The number of fused-ring (bicyclic) bond motifs is 2. The first-order valence-corrected chi connectivity index (χ1v) is 11.4. The molecule has 36 heavy (non-hydrogen) atoms. The van der Waals surface area contributed by atoms with E-state index in [1.54, 1.807) is 18.2 Å². The summed E-state index contributed by atoms with van der Waals surface area (Å²) in [7, 11) is 0. The second kappa shape index (κ2) is 9.11. The van der Waals surface area contributed by atoms with E-state index < -0.39 is 35.4 Å². The van der Waals surface area contributed by atoms with Crippen LogP contribution in [0.15, 0.2) is 48.5 Å². The lowest BCUT2D eigenvalue weighted by Gasteiger charge is -2.20. The summed E-state index contributed by atoms with van der Waals surface area (Å²) in [6.07, 6.45) is -4.80. The fourth-order valence-corrected chi connectivity index (χ4v) is 5.06. The zero-order valence-corrected chi connectivity index (χ0v) is 18.9. The Hall–Kier alpha value is -3.62. The first-order chi connectivity index (χ1) is 17.1. The zero-order valence-electron chi connectivity index (χ0n) is 18.9. The number of carboxylic acid groups (broad SMARTS) is 1. The number of benzene rings is 3. The van der Waals surface area contributed by atoms with E-state index in [4.69, 9.17) is 14.6 Å². The summed E-state index contributed by atoms with van der Waals surface area (Å²) in [6, 6.07) is 10.3. The van der Waals surface area contributed by atoms with Gasteiger partial charge in [0.1, 0.15) is 29.2 Å². The predicted molar refractivity (Wildman–Crippen MR) is 119 cm³/mol. The third-order valence-electron chi connectivity index (χ3n) is 6.72. The van der Waals surface area contributed by atoms with Gasteiger partial charge in [-0.25, -0.2) is 8.78 Å². The van der Waals surface area contributed by atoms with E-state index in [1.807, 2.05) is 0 Å². The number of rotatable bonds is 6. The second-order valence-corrected chi connectivity index (χ2v) is 9.02. The van der Waals surface area contributed by atoms with E-state index in [0.29, 0.717) is 41.5 Å². The highest BCUT2D eigenvalue weighted by atomic mass is 19.4. The Morgan fingerprint density at radius 2 is 1.83 bits per heavy atom. The maximum Gasteiger partial charge on any atom is 0.416 e. The average molecular weight is 504 g/mol. The van der Waals surface area contributed by atoms with Crippen molar-refractivity contribution in [3.8, 4) is 11.5 Å². The van der Waals surface area contributed by atoms with Crippen LogP contribution in [0.3, 0.4) is 0 Å². The molecule has 1 heterocycles. The maximum atomic E-state index is 14.3. The number of carboxylic acids is 1. The van der Waals surface area contributed by atoms with Gasteiger partial charge in [0, 0.05) is 30.0 Å². The third-order valence-corrected chi connectivity index (χ3v) is 6.72. The number of aliphatic carboxylic acids is 1. The molecule has 0 amide bonds. The maximum absolute atomic E-state index is 14.3. The van der Waals surface area contributed by atoms with Gasteiger partial charge in [0.05, 0.1) is 18.6 Å². The summed E-state index contributed by atoms with van der Waals surface area (Å²) in [6.45, 7) is 0.251. The van der Waals surface area contributed by atoms with E-state index in [1.165, 1.54) is 6.07 Å². The Bertz CT molecular complexity index is 1330. The van der Waals surface area contributed by atoms with Gasteiger partial charge < -0.3 is 14.6 Å². The molecule has 5 rings (SSSR count). The molecule has 1 N–H and O–H groups in total. The van der Waals surface area contributed by atoms with Crippen molar-refractivity contribution in [3.63, 3.8) is 0 Å². The van der Waals surface area contributed by atoms with Crippen LogP contribution in [0, 0.1) is 11.6 Å². The van der Waals surface area contributed by atoms with Crippen LogP contribution < -0.4 is 9.47 Å². The summed E-state index contributed by atoms with van der Waals surface area (Å²) in [5.41, 5.74) is 0.913. The molecular formula is C27H21F5O4. The number of hydrogen-bond donors (Lipinski definition) is 1. The SMILES string of the molecule is O=C(O)CC1COc2cc(O[C@@H]3CCc4c3ccc(C(F)(F)F)c4Cc3ccc(F)cc3F)ccc21. The van der Waals surface area contributed by atoms with E-state index in [9.17, 15) is 26.7 Å². The Labute approximate surface area is 203 Å². The summed E-state index contributed by atoms with van der Waals surface area (Å²) in [5, 5.41) is 9.06. The molecule has 1 aliphatic heterocycles. The van der Waals surface area contributed by atoms with Crippen LogP contribution in [0.4, 0.5) is 22.0 Å². The summed E-state index contributed by atoms with van der Waals surface area (Å²) in [4.78, 5) is 11.1. The van der Waals surface area contributed by atoms with Crippen LogP contribution in [0.2, 0.25) is 0 Å². The molecule has 0 bridgehead atoms. The molecule has 0 saturated heterocycles. The van der Waals surface area contributed by atoms with E-state index in [0.717, 1.165) is 23.8 Å². The highest BCUT2D eigenvalue weighted by molar-refractivity contribution is 5.68. The Morgan fingerprint density at radius 3 is 2.56 bits per heavy atom. The molecule has 0 spiro atoms. The van der Waals surface area contributed by atoms with E-state index >= 15 is 0 Å². The molecular weight excluding hydrogens is 483 g/mol. The lowest BCUT2D eigenvalue weighted by Crippen LogP contribution is -2.13. The van der Waals surface area contributed by atoms with Crippen molar-refractivity contribution < 1.29 is 41.3 Å². The Kier molecular flexibility index (Phi) is 6.10. The van der Waals surface area contributed by atoms with Gasteiger partial charge >= 0.3 is 12.1 Å². The van der Waals surface area contributed by atoms with Gasteiger partial charge in [0.25, 0.3) is 0 Å². The first-order valence-electron chi connectivity index (χ1n) is 11.4. The Morgan fingerprint density at radius 1 is 1.06 bits per heavy atom. The van der Waals surface area contributed by atoms with Crippen LogP contribution >= 0.6 is 0 Å². The first kappa shape index (κ1) is 24.1. The summed E-state index contributed by atoms with van der Waals surface area (Å²) in [5.74, 6) is -1.90. The average Bonchev–Trinajstić information content (AvgIpc) is 3.39. The molecule has 1 unspecified atom stereocenters. The van der Waals surface area contributed by atoms with Crippen molar-refractivity contribution in [3.05, 3.63) is 93.5 Å². The van der Waals surface area contributed by atoms with Gasteiger partial charge in [0.15, 0.2) is 0 Å². The molecule has 4 nitrogen and oxygen atoms in total. The molecule has 188 valence electrons. The minimum Gasteiger partial charge on any atom is -0.492 e. The molecule has 2 atom stereocenters. The largest absolute Gasteiger partial charge is 0.492 e. The second-order valence-electron chi connectivity index (χ2n) is 9.02. The van der Waals surface area contributed by atoms with Gasteiger partial charge in [-0.05, 0) is 53.3 Å². The lowest BCUT2D eigenvalue weighted by molar-refractivity contribution is -0.138. The van der Waals surface area contributed by atoms with Crippen LogP contribution in [-0.2, 0) is 23.8 Å². The standard InChI is InChI=1S/C27H21F5O4/c28-16-2-1-14(23(29)11-16)9-21-19-6-8-24(20(19)5-7-22(21)27(30,31)32)36-17-3-4-18-15(10-26(33)34)13-35-25(18)12-17/h1-5,7,11-12,15,24H,6,8-10,13H2,(H,33,34)/t15?,24-/m1/s1. The minimum absolute atomic E-state index is 0.0219. The normalized spacial score (nSPS) is 18.5. The van der Waals surface area contributed by atoms with Gasteiger partial charge in [-0.15, -0.1) is 0 Å². The molecule has 0 aromatic heterocycles. The van der Waals surface area contributed by atoms with Gasteiger partial charge in [-0.2, -0.15) is 13.2 Å². The summed E-state index contributed by atoms with van der Waals surface area (Å²) < 4.78 is 80.8. The van der Waals surface area contributed by atoms with Gasteiger partial charge in [-0.3, -0.25) is 4.79 Å². The van der Waals surface area contributed by atoms with Crippen LogP contribution in [-0.4, -0.2) is 17.7 Å². The van der Waals surface area contributed by atoms with E-state index in [2.05, 4.69) is 0 Å². The minimum atomic E-state index is -4.64. The molecule has 0 radical (unpaired) electrons. The Balaban J connectivity index is 1.44. The fraction of sp³-hybridized carbons (Fsp3) is 0.296. The van der Waals surface area contributed by atoms with Crippen molar-refractivity contribution in [2.45, 2.75) is 43.9 Å². The molecule has 2 aliphatic rings. The topological polar surface area (TPSA) is 55.8 Å². The van der Waals surface area contributed by atoms with Crippen LogP contribution in [0.5, 0.6) is 11.5 Å². The monoisotopic (exact) mass is 504 g/mol. The fourth-order valence-electron chi connectivity index (χ4n) is 5.06. The summed E-state index contributed by atoms with van der Waals surface area (Å²) >= 11 is 0. The number of hydrogen-bond acceptors (Lipinski definition) is 3. The molecule has 3 aromatic carbocycles. The molecule has 3 aromatic rings. The highest BCUT2D eigenvalue weighted by Crippen LogP contribution is 2.44. The van der Waals surface area contributed by atoms with Crippen LogP contribution in [0.25, 0.3) is 0 Å². The van der Waals surface area contributed by atoms with Crippen molar-refractivity contribution >= 4 is 5.97 Å². The predicted octanol–water partition coefficient (Wildman–Crippen LogP) is 6.59. The molecule has 9 heteroatoms. The smallest absolute Gasteiger partial charge is 0.416 e. The number of carbonyl (C=O) groups is 1. The van der Waals surface area contributed by atoms with Crippen molar-refractivity contribution in [2.75, 3.05) is 6.61 Å². The van der Waals surface area contributed by atoms with Crippen molar-refractivity contribution in [1.29, 1.82) is 0 Å². The van der Waals surface area contributed by atoms with Crippen molar-refractivity contribution in [1.82, 2.24) is 0 Å². The molecule has 1 aliphatic carbocycles. The van der Waals surface area contributed by atoms with Crippen LogP contribution in [0.1, 0.15) is 58.2 Å². The number of halogens is 5. The molecule has 0 saturated carbocycles. The highest BCUT2D eigenvalue weighted by Gasteiger charge is 2.38. The number of alkyl halides is 3. The number of ether oxygens (including phenoxy) is 2. The van der Waals surface area contributed by atoms with Crippen molar-refractivity contribution in [2.24, 2.45) is 0 Å².